The summed E-state index contributed by atoms with van der Waals surface area (Å²) >= 11 is 0. The highest BCUT2D eigenvalue weighted by atomic mass is 16.5. The fourth-order valence-corrected chi connectivity index (χ4v) is 7.96. The van der Waals surface area contributed by atoms with Gasteiger partial charge in [0.15, 0.2) is 0 Å². The van der Waals surface area contributed by atoms with E-state index in [4.69, 9.17) is 15.6 Å². The van der Waals surface area contributed by atoms with Crippen molar-refractivity contribution in [1.29, 1.82) is 0 Å². The molecule has 2 N–H and O–H groups in total. The maximum atomic E-state index is 13.6. The normalized spacial score (nSPS) is 18.9. The summed E-state index contributed by atoms with van der Waals surface area (Å²) < 4.78 is 10.2. The van der Waals surface area contributed by atoms with Gasteiger partial charge >= 0.3 is 0 Å². The van der Waals surface area contributed by atoms with Crippen LogP contribution in [0.1, 0.15) is 76.3 Å². The number of likely N-dealkylation sites (tertiary alicyclic amines) is 2. The molecule has 2 aliphatic heterocycles. The molecule has 1 aliphatic carbocycles. The molecule has 0 unspecified atom stereocenters. The molecule has 0 bridgehead atoms. The molecule has 3 aromatic heterocycles. The summed E-state index contributed by atoms with van der Waals surface area (Å²) in [5.41, 5.74) is 14.1. The van der Waals surface area contributed by atoms with Crippen molar-refractivity contribution in [1.82, 2.24) is 24.0 Å². The fraction of sp³-hybridized carbons (Fsp3) is 0.410. The number of aromatic nitrogens is 3. The zero-order valence-corrected chi connectivity index (χ0v) is 27.9. The van der Waals surface area contributed by atoms with Gasteiger partial charge in [0.25, 0.3) is 11.8 Å². The number of benzene rings is 2. The van der Waals surface area contributed by atoms with E-state index in [0.29, 0.717) is 36.2 Å². The van der Waals surface area contributed by atoms with E-state index in [1.807, 2.05) is 56.9 Å². The largest absolute Gasteiger partial charge is 0.494 e. The standard InChI is InChI=1S/C39H44N6O3/c1-25-35(41-45-23-30(21-34(48-2)36(25)45)39(47)43-17-7-11-31(40)24-43)33-20-29-10-6-12-32(37(29)44(33)22-26-13-14-26)27-15-18-42(19-16-27)38(46)28-8-4-3-5-9-28/h3-6,8-10,12,20-21,23,26-27,31H,7,11,13-19,22,24,40H2,1-2H3/t31-/m1/s1. The Morgan fingerprint density at radius 3 is 2.38 bits per heavy atom. The molecular weight excluding hydrogens is 600 g/mol. The number of hydrogen-bond acceptors (Lipinski definition) is 5. The summed E-state index contributed by atoms with van der Waals surface area (Å²) in [6, 6.07) is 20.4. The number of pyridine rings is 1. The van der Waals surface area contributed by atoms with Crippen molar-refractivity contribution in [3.05, 3.63) is 89.1 Å². The first kappa shape index (κ1) is 30.7. The molecule has 3 aliphatic rings. The van der Waals surface area contributed by atoms with E-state index in [1.54, 1.807) is 7.11 Å². The monoisotopic (exact) mass is 644 g/mol. The first-order valence-corrected chi connectivity index (χ1v) is 17.5. The van der Waals surface area contributed by atoms with Crippen LogP contribution in [0.15, 0.2) is 66.9 Å². The van der Waals surface area contributed by atoms with E-state index in [0.717, 1.165) is 73.3 Å². The molecular formula is C39H44N6O3. The number of hydrogen-bond donors (Lipinski definition) is 1. The molecule has 8 rings (SSSR count). The Morgan fingerprint density at radius 2 is 1.65 bits per heavy atom. The van der Waals surface area contributed by atoms with Gasteiger partial charge in [0.2, 0.25) is 0 Å². The van der Waals surface area contributed by atoms with Crippen LogP contribution in [-0.2, 0) is 6.54 Å². The lowest BCUT2D eigenvalue weighted by Crippen LogP contribution is -2.45. The van der Waals surface area contributed by atoms with Crippen LogP contribution in [0.4, 0.5) is 0 Å². The third-order valence-electron chi connectivity index (χ3n) is 10.7. The number of methoxy groups -OCH3 is 1. The Bertz CT molecular complexity index is 2000. The average Bonchev–Trinajstić information content (AvgIpc) is 3.79. The molecule has 248 valence electrons. The van der Waals surface area contributed by atoms with Crippen molar-refractivity contribution in [3.63, 3.8) is 0 Å². The van der Waals surface area contributed by atoms with E-state index in [2.05, 4.69) is 35.8 Å². The van der Waals surface area contributed by atoms with Crippen molar-refractivity contribution >= 4 is 28.2 Å². The maximum absolute atomic E-state index is 13.6. The van der Waals surface area contributed by atoms with Crippen molar-refractivity contribution in [2.45, 2.75) is 64.0 Å². The van der Waals surface area contributed by atoms with Crippen LogP contribution in [-0.4, -0.2) is 75.1 Å². The molecule has 2 aromatic carbocycles. The minimum Gasteiger partial charge on any atom is -0.494 e. The van der Waals surface area contributed by atoms with Crippen LogP contribution in [0, 0.1) is 12.8 Å². The molecule has 2 amide bonds. The van der Waals surface area contributed by atoms with E-state index in [-0.39, 0.29) is 17.9 Å². The second-order valence-corrected chi connectivity index (χ2v) is 14.0. The topological polar surface area (TPSA) is 98.1 Å². The number of ether oxygens (including phenoxy) is 1. The van der Waals surface area contributed by atoms with Gasteiger partial charge in [0, 0.05) is 61.5 Å². The summed E-state index contributed by atoms with van der Waals surface area (Å²) in [4.78, 5) is 30.6. The predicted molar refractivity (Wildman–Crippen MR) is 188 cm³/mol. The quantitative estimate of drug-likeness (QED) is 0.225. The van der Waals surface area contributed by atoms with Gasteiger partial charge in [0.05, 0.1) is 23.9 Å². The molecule has 0 spiro atoms. The number of para-hydroxylation sites is 1. The highest BCUT2D eigenvalue weighted by molar-refractivity contribution is 5.96. The highest BCUT2D eigenvalue weighted by Crippen LogP contribution is 2.42. The lowest BCUT2D eigenvalue weighted by atomic mass is 9.88. The van der Waals surface area contributed by atoms with Gasteiger partial charge in [-0.1, -0.05) is 36.4 Å². The molecule has 9 heteroatoms. The van der Waals surface area contributed by atoms with E-state index in [1.165, 1.54) is 29.3 Å². The summed E-state index contributed by atoms with van der Waals surface area (Å²) in [5, 5.41) is 6.37. The van der Waals surface area contributed by atoms with E-state index in [9.17, 15) is 9.59 Å². The van der Waals surface area contributed by atoms with Gasteiger partial charge in [-0.05, 0) is 87.1 Å². The second kappa shape index (κ2) is 12.4. The van der Waals surface area contributed by atoms with Crippen molar-refractivity contribution in [2.24, 2.45) is 11.7 Å². The summed E-state index contributed by atoms with van der Waals surface area (Å²) in [6.07, 6.45) is 8.06. The molecule has 5 heterocycles. The molecule has 1 atom stereocenters. The van der Waals surface area contributed by atoms with Crippen LogP contribution in [0.2, 0.25) is 0 Å². The Balaban J connectivity index is 1.16. The summed E-state index contributed by atoms with van der Waals surface area (Å²) in [7, 11) is 1.65. The molecule has 48 heavy (non-hydrogen) atoms. The van der Waals surface area contributed by atoms with Crippen LogP contribution in [0.5, 0.6) is 5.75 Å². The highest BCUT2D eigenvalue weighted by Gasteiger charge is 2.31. The number of fused-ring (bicyclic) bond motifs is 2. The SMILES string of the molecule is COc1cc(C(=O)N2CCC[C@@H](N)C2)cn2nc(-c3cc4cccc(C5CCN(C(=O)c6ccccc6)CC5)c4n3CC3CC3)c(C)c12. The lowest BCUT2D eigenvalue weighted by Gasteiger charge is -2.33. The number of aryl methyl sites for hydroxylation is 1. The second-order valence-electron chi connectivity index (χ2n) is 14.0. The fourth-order valence-electron chi connectivity index (χ4n) is 7.96. The summed E-state index contributed by atoms with van der Waals surface area (Å²) in [6.45, 7) is 5.83. The molecule has 5 aromatic rings. The minimum atomic E-state index is -0.0379. The first-order chi connectivity index (χ1) is 23.4. The smallest absolute Gasteiger partial charge is 0.255 e. The molecule has 0 radical (unpaired) electrons. The van der Waals surface area contributed by atoms with Gasteiger partial charge in [-0.25, -0.2) is 4.52 Å². The number of amides is 2. The molecule has 2 saturated heterocycles. The van der Waals surface area contributed by atoms with Gasteiger partial charge in [-0.2, -0.15) is 5.10 Å². The Morgan fingerprint density at radius 1 is 0.875 bits per heavy atom. The van der Waals surface area contributed by atoms with Gasteiger partial charge in [-0.15, -0.1) is 0 Å². The van der Waals surface area contributed by atoms with E-state index >= 15 is 0 Å². The summed E-state index contributed by atoms with van der Waals surface area (Å²) in [5.74, 6) is 1.75. The number of carbonyl (C=O) groups excluding carboxylic acids is 2. The number of nitrogens with zero attached hydrogens (tertiary/aromatic N) is 5. The Hall–Kier alpha value is -4.63. The number of nitrogens with two attached hydrogens (primary N) is 1. The average molecular weight is 645 g/mol. The van der Waals surface area contributed by atoms with Crippen LogP contribution in [0.25, 0.3) is 27.8 Å². The maximum Gasteiger partial charge on any atom is 0.255 e. The van der Waals surface area contributed by atoms with Crippen LogP contribution >= 0.6 is 0 Å². The van der Waals surface area contributed by atoms with E-state index < -0.39 is 0 Å². The number of carbonyl (C=O) groups is 2. The molecule has 9 nitrogen and oxygen atoms in total. The first-order valence-electron chi connectivity index (χ1n) is 17.5. The molecule has 1 saturated carbocycles. The van der Waals surface area contributed by atoms with Gasteiger partial charge in [-0.3, -0.25) is 9.59 Å². The Labute approximate surface area is 281 Å². The third kappa shape index (κ3) is 5.53. The zero-order chi connectivity index (χ0) is 32.9. The third-order valence-corrected chi connectivity index (χ3v) is 10.7. The lowest BCUT2D eigenvalue weighted by molar-refractivity contribution is 0.0703. The minimum absolute atomic E-state index is 0.00878. The van der Waals surface area contributed by atoms with Crippen molar-refractivity contribution < 1.29 is 14.3 Å². The zero-order valence-electron chi connectivity index (χ0n) is 27.9. The Kier molecular flexibility index (Phi) is 7.95. The number of piperidine rings is 2. The van der Waals surface area contributed by atoms with Crippen molar-refractivity contribution in [3.8, 4) is 17.1 Å². The van der Waals surface area contributed by atoms with Crippen LogP contribution < -0.4 is 10.5 Å². The van der Waals surface area contributed by atoms with Gasteiger partial charge < -0.3 is 24.8 Å². The van der Waals surface area contributed by atoms with Crippen LogP contribution in [0.3, 0.4) is 0 Å². The molecule has 3 fully saturated rings. The van der Waals surface area contributed by atoms with Crippen molar-refractivity contribution in [2.75, 3.05) is 33.3 Å². The number of rotatable bonds is 7. The predicted octanol–water partition coefficient (Wildman–Crippen LogP) is 6.27. The van der Waals surface area contributed by atoms with Gasteiger partial charge in [0.1, 0.15) is 17.0 Å².